The van der Waals surface area contributed by atoms with Crippen LogP contribution < -0.4 is 19.7 Å². The van der Waals surface area contributed by atoms with Gasteiger partial charge < -0.3 is 24.6 Å². The molecule has 0 spiro atoms. The molecule has 32 heavy (non-hydrogen) atoms. The molecule has 2 aromatic carbocycles. The first kappa shape index (κ1) is 21.7. The van der Waals surface area contributed by atoms with E-state index in [4.69, 9.17) is 9.47 Å². The average molecular weight is 437 g/mol. The Morgan fingerprint density at radius 1 is 0.906 bits per heavy atom. The fraction of sp³-hybridized carbons (Fsp3) is 0.375. The van der Waals surface area contributed by atoms with E-state index in [0.29, 0.717) is 54.4 Å². The van der Waals surface area contributed by atoms with E-state index in [1.807, 2.05) is 0 Å². The third-order valence-corrected chi connectivity index (χ3v) is 5.91. The first-order valence-electron chi connectivity index (χ1n) is 10.8. The molecule has 0 aliphatic carbocycles. The number of methoxy groups -OCH3 is 2. The highest BCUT2D eigenvalue weighted by molar-refractivity contribution is 6.09. The maximum absolute atomic E-state index is 13.1. The monoisotopic (exact) mass is 437 g/mol. The van der Waals surface area contributed by atoms with Crippen molar-refractivity contribution in [2.45, 2.75) is 25.7 Å². The Hall–Kier alpha value is -3.55. The molecule has 2 aliphatic heterocycles. The summed E-state index contributed by atoms with van der Waals surface area (Å²) in [5.41, 5.74) is 1.93. The molecule has 0 bridgehead atoms. The van der Waals surface area contributed by atoms with Gasteiger partial charge in [-0.15, -0.1) is 0 Å². The number of ether oxygens (including phenoxy) is 2. The zero-order valence-corrected chi connectivity index (χ0v) is 18.3. The molecule has 4 rings (SSSR count). The van der Waals surface area contributed by atoms with Gasteiger partial charge in [-0.1, -0.05) is 0 Å². The van der Waals surface area contributed by atoms with Crippen molar-refractivity contribution in [3.63, 3.8) is 0 Å². The van der Waals surface area contributed by atoms with E-state index in [-0.39, 0.29) is 17.7 Å². The molecular formula is C24H27N3O5. The topological polar surface area (TPSA) is 88.2 Å². The lowest BCUT2D eigenvalue weighted by atomic mass is 10.1. The Morgan fingerprint density at radius 2 is 1.56 bits per heavy atom. The highest BCUT2D eigenvalue weighted by atomic mass is 16.5. The molecule has 1 N–H and O–H groups in total. The van der Waals surface area contributed by atoms with Crippen LogP contribution in [0.1, 0.15) is 46.4 Å². The van der Waals surface area contributed by atoms with Crippen LogP contribution in [0.2, 0.25) is 0 Å². The van der Waals surface area contributed by atoms with Crippen molar-refractivity contribution in [2.75, 3.05) is 44.1 Å². The van der Waals surface area contributed by atoms with Crippen LogP contribution in [0.5, 0.6) is 11.5 Å². The lowest BCUT2D eigenvalue weighted by Gasteiger charge is -2.20. The van der Waals surface area contributed by atoms with Crippen LogP contribution in [0.4, 0.5) is 11.4 Å². The molecule has 2 fully saturated rings. The third-order valence-electron chi connectivity index (χ3n) is 5.91. The summed E-state index contributed by atoms with van der Waals surface area (Å²) in [6, 6.07) is 10.1. The van der Waals surface area contributed by atoms with Crippen LogP contribution in [-0.2, 0) is 4.79 Å². The molecule has 8 nitrogen and oxygen atoms in total. The molecule has 0 saturated carbocycles. The fourth-order valence-electron chi connectivity index (χ4n) is 4.16. The van der Waals surface area contributed by atoms with Crippen LogP contribution in [0, 0.1) is 0 Å². The SMILES string of the molecule is COc1cc(NC(=O)c2ccc(N3CCCC3=O)cc2)c(C(=O)N2CCCC2)cc1OC. The number of benzene rings is 2. The van der Waals surface area contributed by atoms with E-state index < -0.39 is 0 Å². The van der Waals surface area contributed by atoms with Crippen LogP contribution in [0.25, 0.3) is 0 Å². The second kappa shape index (κ2) is 9.30. The number of rotatable bonds is 6. The van der Waals surface area contributed by atoms with Crippen molar-refractivity contribution in [1.82, 2.24) is 4.90 Å². The summed E-state index contributed by atoms with van der Waals surface area (Å²) in [5.74, 6) is 0.433. The smallest absolute Gasteiger partial charge is 0.256 e. The number of anilines is 2. The van der Waals surface area contributed by atoms with E-state index in [9.17, 15) is 14.4 Å². The fourth-order valence-corrected chi connectivity index (χ4v) is 4.16. The van der Waals surface area contributed by atoms with Gasteiger partial charge >= 0.3 is 0 Å². The maximum atomic E-state index is 13.1. The number of hydrogen-bond donors (Lipinski definition) is 1. The third kappa shape index (κ3) is 4.26. The number of nitrogens with zero attached hydrogens (tertiary/aromatic N) is 2. The summed E-state index contributed by atoms with van der Waals surface area (Å²) >= 11 is 0. The Kier molecular flexibility index (Phi) is 6.30. The molecule has 168 valence electrons. The maximum Gasteiger partial charge on any atom is 0.256 e. The Balaban J connectivity index is 1.60. The molecule has 3 amide bonds. The molecule has 2 aromatic rings. The van der Waals surface area contributed by atoms with Gasteiger partial charge in [0, 0.05) is 43.4 Å². The van der Waals surface area contributed by atoms with Gasteiger partial charge in [-0.2, -0.15) is 0 Å². The van der Waals surface area contributed by atoms with Crippen molar-refractivity contribution in [3.8, 4) is 11.5 Å². The number of nitrogens with one attached hydrogen (secondary N) is 1. The van der Waals surface area contributed by atoms with Crippen molar-refractivity contribution < 1.29 is 23.9 Å². The van der Waals surface area contributed by atoms with Gasteiger partial charge in [0.25, 0.3) is 11.8 Å². The minimum atomic E-state index is -0.355. The molecule has 0 aromatic heterocycles. The number of likely N-dealkylation sites (tertiary alicyclic amines) is 1. The average Bonchev–Trinajstić information content (AvgIpc) is 3.50. The lowest BCUT2D eigenvalue weighted by molar-refractivity contribution is -0.117. The summed E-state index contributed by atoms with van der Waals surface area (Å²) in [5, 5.41) is 2.85. The quantitative estimate of drug-likeness (QED) is 0.749. The zero-order chi connectivity index (χ0) is 22.7. The van der Waals surface area contributed by atoms with Crippen molar-refractivity contribution in [1.29, 1.82) is 0 Å². The second-order valence-corrected chi connectivity index (χ2v) is 7.90. The number of carbonyl (C=O) groups is 3. The summed E-state index contributed by atoms with van der Waals surface area (Å²) in [7, 11) is 3.01. The lowest BCUT2D eigenvalue weighted by Crippen LogP contribution is -2.29. The largest absolute Gasteiger partial charge is 0.493 e. The van der Waals surface area contributed by atoms with Crippen LogP contribution in [0.15, 0.2) is 36.4 Å². The van der Waals surface area contributed by atoms with E-state index in [0.717, 1.165) is 24.9 Å². The number of amides is 3. The van der Waals surface area contributed by atoms with Gasteiger partial charge in [-0.05, 0) is 49.6 Å². The van der Waals surface area contributed by atoms with Crippen molar-refractivity contribution >= 4 is 29.1 Å². The Labute approximate surface area is 187 Å². The molecule has 2 saturated heterocycles. The molecular weight excluding hydrogens is 410 g/mol. The molecule has 2 aliphatic rings. The van der Waals surface area contributed by atoms with Gasteiger partial charge in [-0.25, -0.2) is 0 Å². The van der Waals surface area contributed by atoms with E-state index in [2.05, 4.69) is 5.32 Å². The summed E-state index contributed by atoms with van der Waals surface area (Å²) < 4.78 is 10.7. The van der Waals surface area contributed by atoms with E-state index in [1.165, 1.54) is 14.2 Å². The number of hydrogen-bond acceptors (Lipinski definition) is 5. The molecule has 0 radical (unpaired) electrons. The summed E-state index contributed by atoms with van der Waals surface area (Å²) in [6.07, 6.45) is 3.32. The predicted molar refractivity (Wildman–Crippen MR) is 121 cm³/mol. The Bertz CT molecular complexity index is 1030. The first-order valence-corrected chi connectivity index (χ1v) is 10.8. The van der Waals surface area contributed by atoms with Gasteiger partial charge in [0.2, 0.25) is 5.91 Å². The van der Waals surface area contributed by atoms with Crippen LogP contribution in [-0.4, -0.2) is 56.5 Å². The standard InChI is InChI=1S/C24H27N3O5/c1-31-20-14-18(24(30)26-11-3-4-12-26)19(15-21(20)32-2)25-23(29)16-7-9-17(10-8-16)27-13-5-6-22(27)28/h7-10,14-15H,3-6,11-13H2,1-2H3,(H,25,29). The predicted octanol–water partition coefficient (Wildman–Crippen LogP) is 3.32. The highest BCUT2D eigenvalue weighted by Crippen LogP contribution is 2.35. The minimum absolute atomic E-state index is 0.0950. The Morgan fingerprint density at radius 3 is 2.16 bits per heavy atom. The van der Waals surface area contributed by atoms with Crippen LogP contribution in [0.3, 0.4) is 0 Å². The second-order valence-electron chi connectivity index (χ2n) is 7.90. The zero-order valence-electron chi connectivity index (χ0n) is 18.3. The van der Waals surface area contributed by atoms with E-state index >= 15 is 0 Å². The van der Waals surface area contributed by atoms with Gasteiger partial charge in [0.05, 0.1) is 25.5 Å². The molecule has 0 unspecified atom stereocenters. The first-order chi connectivity index (χ1) is 15.5. The molecule has 2 heterocycles. The molecule has 8 heteroatoms. The summed E-state index contributed by atoms with van der Waals surface area (Å²) in [4.78, 5) is 41.5. The molecule has 0 atom stereocenters. The van der Waals surface area contributed by atoms with Crippen molar-refractivity contribution in [2.24, 2.45) is 0 Å². The van der Waals surface area contributed by atoms with E-state index in [1.54, 1.807) is 46.2 Å². The van der Waals surface area contributed by atoms with Crippen molar-refractivity contribution in [3.05, 3.63) is 47.5 Å². The highest BCUT2D eigenvalue weighted by Gasteiger charge is 2.26. The minimum Gasteiger partial charge on any atom is -0.493 e. The number of carbonyl (C=O) groups excluding carboxylic acids is 3. The van der Waals surface area contributed by atoms with Gasteiger partial charge in [0.1, 0.15) is 0 Å². The van der Waals surface area contributed by atoms with Gasteiger partial charge in [0.15, 0.2) is 11.5 Å². The summed E-state index contributed by atoms with van der Waals surface area (Å²) in [6.45, 7) is 2.08. The van der Waals surface area contributed by atoms with Crippen LogP contribution >= 0.6 is 0 Å². The van der Waals surface area contributed by atoms with Gasteiger partial charge in [-0.3, -0.25) is 14.4 Å². The normalized spacial score (nSPS) is 15.8.